The summed E-state index contributed by atoms with van der Waals surface area (Å²) >= 11 is 0. The molecule has 1 aromatic rings. The van der Waals surface area contributed by atoms with E-state index in [1.807, 2.05) is 6.92 Å². The van der Waals surface area contributed by atoms with Crippen LogP contribution in [0.2, 0.25) is 0 Å². The quantitative estimate of drug-likeness (QED) is 0.901. The first-order chi connectivity index (χ1) is 9.86. The Balaban J connectivity index is 1.58. The number of carbonyl (C=O) groups is 1. The largest absolute Gasteiger partial charge is 0.416 e. The molecule has 0 radical (unpaired) electrons. The zero-order chi connectivity index (χ0) is 15.2. The molecular weight excluding hydrogens is 279 g/mol. The predicted octanol–water partition coefficient (Wildman–Crippen LogP) is 3.72. The van der Waals surface area contributed by atoms with Gasteiger partial charge in [0.25, 0.3) is 0 Å². The summed E-state index contributed by atoms with van der Waals surface area (Å²) in [6.07, 6.45) is -1.23. The van der Waals surface area contributed by atoms with Crippen molar-refractivity contribution < 1.29 is 18.0 Å². The van der Waals surface area contributed by atoms with Crippen LogP contribution in [-0.2, 0) is 11.0 Å². The van der Waals surface area contributed by atoms with E-state index in [1.54, 1.807) is 0 Å². The minimum atomic E-state index is -4.31. The van der Waals surface area contributed by atoms with Crippen LogP contribution in [0.25, 0.3) is 0 Å². The lowest BCUT2D eigenvalue weighted by atomic mass is 10.1. The van der Waals surface area contributed by atoms with E-state index in [0.717, 1.165) is 24.1 Å². The fraction of sp³-hybridized carbons (Fsp3) is 0.562. The van der Waals surface area contributed by atoms with Crippen LogP contribution >= 0.6 is 0 Å². The van der Waals surface area contributed by atoms with Crippen molar-refractivity contribution in [3.63, 3.8) is 0 Å². The summed E-state index contributed by atoms with van der Waals surface area (Å²) in [4.78, 5) is 12.1. The van der Waals surface area contributed by atoms with Crippen LogP contribution in [0, 0.1) is 11.8 Å². The van der Waals surface area contributed by atoms with E-state index in [2.05, 4.69) is 5.32 Å². The molecule has 2 aliphatic rings. The topological polar surface area (TPSA) is 29.1 Å². The molecule has 0 unspecified atom stereocenters. The molecule has 2 saturated carbocycles. The van der Waals surface area contributed by atoms with Crippen molar-refractivity contribution in [3.8, 4) is 0 Å². The average molecular weight is 297 g/mol. The predicted molar refractivity (Wildman–Crippen MR) is 72.6 cm³/mol. The van der Waals surface area contributed by atoms with E-state index in [-0.39, 0.29) is 23.8 Å². The summed E-state index contributed by atoms with van der Waals surface area (Å²) < 4.78 is 37.5. The normalized spacial score (nSPS) is 26.3. The van der Waals surface area contributed by atoms with Gasteiger partial charge in [-0.05, 0) is 55.7 Å². The number of carbonyl (C=O) groups excluding carboxylic acids is 1. The molecule has 3 rings (SSSR count). The fourth-order valence-corrected chi connectivity index (χ4v) is 2.82. The van der Waals surface area contributed by atoms with Gasteiger partial charge in [0.05, 0.1) is 5.56 Å². The average Bonchev–Trinajstić information content (AvgIpc) is 3.28. The smallest absolute Gasteiger partial charge is 0.353 e. The molecule has 0 bridgehead atoms. The highest BCUT2D eigenvalue weighted by Gasteiger charge is 2.45. The highest BCUT2D eigenvalue weighted by atomic mass is 19.4. The first-order valence-electron chi connectivity index (χ1n) is 7.34. The van der Waals surface area contributed by atoms with Gasteiger partial charge in [0, 0.05) is 12.0 Å². The third kappa shape index (κ3) is 3.22. The summed E-state index contributed by atoms with van der Waals surface area (Å²) in [6, 6.07) is 5.38. The summed E-state index contributed by atoms with van der Waals surface area (Å²) in [5.74, 6) is 0.637. The van der Waals surface area contributed by atoms with E-state index in [4.69, 9.17) is 0 Å². The van der Waals surface area contributed by atoms with E-state index in [0.29, 0.717) is 5.92 Å². The first kappa shape index (κ1) is 14.4. The van der Waals surface area contributed by atoms with Crippen molar-refractivity contribution >= 4 is 5.91 Å². The molecule has 0 spiro atoms. The maximum Gasteiger partial charge on any atom is 0.416 e. The van der Waals surface area contributed by atoms with Gasteiger partial charge in [-0.25, -0.2) is 0 Å². The van der Waals surface area contributed by atoms with E-state index in [9.17, 15) is 18.0 Å². The van der Waals surface area contributed by atoms with Crippen molar-refractivity contribution in [2.24, 2.45) is 11.8 Å². The SMILES string of the molecule is C[C@H](NC(=O)[C@@H]1C[C@H]1c1ccc(C(F)(F)F)cc1)C1CC1. The Hall–Kier alpha value is -1.52. The zero-order valence-corrected chi connectivity index (χ0v) is 11.8. The van der Waals surface area contributed by atoms with E-state index in [1.165, 1.54) is 25.0 Å². The molecule has 2 aliphatic carbocycles. The van der Waals surface area contributed by atoms with Crippen molar-refractivity contribution in [3.05, 3.63) is 35.4 Å². The van der Waals surface area contributed by atoms with Crippen molar-refractivity contribution in [1.82, 2.24) is 5.32 Å². The van der Waals surface area contributed by atoms with E-state index < -0.39 is 11.7 Å². The molecule has 3 atom stereocenters. The molecule has 0 aromatic heterocycles. The van der Waals surface area contributed by atoms with Gasteiger partial charge in [0.1, 0.15) is 0 Å². The van der Waals surface area contributed by atoms with Crippen LogP contribution in [0.5, 0.6) is 0 Å². The Kier molecular flexibility index (Phi) is 3.46. The lowest BCUT2D eigenvalue weighted by Crippen LogP contribution is -2.35. The Morgan fingerprint density at radius 2 is 1.86 bits per heavy atom. The molecule has 114 valence electrons. The Morgan fingerprint density at radius 3 is 2.38 bits per heavy atom. The molecule has 2 fully saturated rings. The van der Waals surface area contributed by atoms with Crippen LogP contribution in [0.15, 0.2) is 24.3 Å². The molecule has 0 aliphatic heterocycles. The maximum absolute atomic E-state index is 12.5. The molecule has 1 N–H and O–H groups in total. The number of hydrogen-bond donors (Lipinski definition) is 1. The van der Waals surface area contributed by atoms with Gasteiger partial charge in [-0.3, -0.25) is 4.79 Å². The lowest BCUT2D eigenvalue weighted by Gasteiger charge is -2.12. The van der Waals surface area contributed by atoms with E-state index >= 15 is 0 Å². The molecule has 1 aromatic carbocycles. The molecule has 5 heteroatoms. The number of amides is 1. The second kappa shape index (κ2) is 5.04. The molecule has 0 saturated heterocycles. The van der Waals surface area contributed by atoms with Gasteiger partial charge in [-0.15, -0.1) is 0 Å². The van der Waals surface area contributed by atoms with Gasteiger partial charge >= 0.3 is 6.18 Å². The fourth-order valence-electron chi connectivity index (χ4n) is 2.82. The van der Waals surface area contributed by atoms with Crippen molar-refractivity contribution in [1.29, 1.82) is 0 Å². The van der Waals surface area contributed by atoms with Gasteiger partial charge in [-0.1, -0.05) is 12.1 Å². The summed E-state index contributed by atoms with van der Waals surface area (Å²) in [7, 11) is 0. The number of halogens is 3. The first-order valence-corrected chi connectivity index (χ1v) is 7.34. The second-order valence-corrected chi connectivity index (χ2v) is 6.20. The number of alkyl halides is 3. The highest BCUT2D eigenvalue weighted by Crippen LogP contribution is 2.48. The third-order valence-corrected chi connectivity index (χ3v) is 4.49. The van der Waals surface area contributed by atoms with Crippen LogP contribution < -0.4 is 5.32 Å². The number of hydrogen-bond acceptors (Lipinski definition) is 1. The van der Waals surface area contributed by atoms with Crippen molar-refractivity contribution in [2.75, 3.05) is 0 Å². The van der Waals surface area contributed by atoms with Gasteiger partial charge in [-0.2, -0.15) is 13.2 Å². The monoisotopic (exact) mass is 297 g/mol. The van der Waals surface area contributed by atoms with Crippen LogP contribution in [0.4, 0.5) is 13.2 Å². The summed E-state index contributed by atoms with van der Waals surface area (Å²) in [5, 5.41) is 3.02. The zero-order valence-electron chi connectivity index (χ0n) is 11.8. The van der Waals surface area contributed by atoms with Crippen LogP contribution in [-0.4, -0.2) is 11.9 Å². The van der Waals surface area contributed by atoms with Gasteiger partial charge in [0.15, 0.2) is 0 Å². The standard InChI is InChI=1S/C16H18F3NO/c1-9(10-2-3-10)20-15(21)14-8-13(14)11-4-6-12(7-5-11)16(17,18)19/h4-7,9-10,13-14H,2-3,8H2,1H3,(H,20,21)/t9-,13-,14+/m0/s1. The Bertz CT molecular complexity index is 533. The van der Waals surface area contributed by atoms with Crippen LogP contribution in [0.3, 0.4) is 0 Å². The minimum Gasteiger partial charge on any atom is -0.353 e. The van der Waals surface area contributed by atoms with Crippen LogP contribution in [0.1, 0.15) is 43.2 Å². The highest BCUT2D eigenvalue weighted by molar-refractivity contribution is 5.83. The summed E-state index contributed by atoms with van der Waals surface area (Å²) in [5.41, 5.74) is 0.178. The van der Waals surface area contributed by atoms with Gasteiger partial charge < -0.3 is 5.32 Å². The Labute approximate surface area is 121 Å². The number of benzene rings is 1. The number of nitrogens with one attached hydrogen (secondary N) is 1. The van der Waals surface area contributed by atoms with Gasteiger partial charge in [0.2, 0.25) is 5.91 Å². The minimum absolute atomic E-state index is 0.0410. The molecule has 0 heterocycles. The number of rotatable bonds is 4. The third-order valence-electron chi connectivity index (χ3n) is 4.49. The van der Waals surface area contributed by atoms with Crippen molar-refractivity contribution in [2.45, 2.75) is 44.3 Å². The molecule has 21 heavy (non-hydrogen) atoms. The Morgan fingerprint density at radius 1 is 1.24 bits per heavy atom. The summed E-state index contributed by atoms with van der Waals surface area (Å²) in [6.45, 7) is 2.02. The molecular formula is C16H18F3NO. The lowest BCUT2D eigenvalue weighted by molar-refractivity contribution is -0.137. The molecule has 2 nitrogen and oxygen atoms in total. The maximum atomic E-state index is 12.5. The molecule has 1 amide bonds. The second-order valence-electron chi connectivity index (χ2n) is 6.20.